The first-order valence-corrected chi connectivity index (χ1v) is 9.73. The van der Waals surface area contributed by atoms with Gasteiger partial charge in [0.15, 0.2) is 5.43 Å². The third-order valence-electron chi connectivity index (χ3n) is 5.17. The Balaban J connectivity index is 2.13. The summed E-state index contributed by atoms with van der Waals surface area (Å²) in [7, 11) is 3.24. The predicted octanol–water partition coefficient (Wildman–Crippen LogP) is 5.50. The van der Waals surface area contributed by atoms with Crippen molar-refractivity contribution in [2.75, 3.05) is 14.2 Å². The summed E-state index contributed by atoms with van der Waals surface area (Å²) in [5.74, 6) is 1.34. The second kappa shape index (κ2) is 8.29. The minimum absolute atomic E-state index is 0.0159. The van der Waals surface area contributed by atoms with Crippen molar-refractivity contribution in [1.82, 2.24) is 4.57 Å². The number of rotatable bonds is 5. The van der Waals surface area contributed by atoms with Crippen LogP contribution in [-0.2, 0) is 0 Å². The maximum absolute atomic E-state index is 13.0. The highest BCUT2D eigenvalue weighted by Gasteiger charge is 2.18. The molecule has 0 radical (unpaired) electrons. The molecular weight excluding hydrogens is 374 g/mol. The van der Waals surface area contributed by atoms with Crippen LogP contribution < -0.4 is 14.9 Å². The Morgan fingerprint density at radius 3 is 1.83 bits per heavy atom. The van der Waals surface area contributed by atoms with Crippen molar-refractivity contribution in [3.63, 3.8) is 0 Å². The maximum Gasteiger partial charge on any atom is 0.185 e. The molecule has 0 saturated carbocycles. The lowest BCUT2D eigenvalue weighted by Crippen LogP contribution is -2.15. The van der Waals surface area contributed by atoms with E-state index in [-0.39, 0.29) is 5.43 Å². The molecule has 1 heterocycles. The van der Waals surface area contributed by atoms with E-state index in [1.165, 1.54) is 0 Å². The van der Waals surface area contributed by atoms with Gasteiger partial charge in [0.25, 0.3) is 0 Å². The molecule has 0 N–H and O–H groups in total. The number of aromatic nitrogens is 1. The summed E-state index contributed by atoms with van der Waals surface area (Å²) in [6.07, 6.45) is 0. The lowest BCUT2D eigenvalue weighted by Gasteiger charge is -2.22. The van der Waals surface area contributed by atoms with Crippen LogP contribution in [0.5, 0.6) is 11.5 Å². The first kappa shape index (κ1) is 19.5. The number of hydrogen-bond donors (Lipinski definition) is 0. The monoisotopic (exact) mass is 397 g/mol. The Hall–Kier alpha value is -3.79. The van der Waals surface area contributed by atoms with Crippen LogP contribution in [0.1, 0.15) is 5.56 Å². The highest BCUT2D eigenvalue weighted by molar-refractivity contribution is 5.75. The molecule has 4 aromatic rings. The maximum atomic E-state index is 13.0. The number of para-hydroxylation sites is 1. The van der Waals surface area contributed by atoms with Crippen LogP contribution in [0.15, 0.2) is 89.7 Å². The third-order valence-corrected chi connectivity index (χ3v) is 5.17. The van der Waals surface area contributed by atoms with Gasteiger partial charge in [0.05, 0.1) is 25.6 Å². The Morgan fingerprint density at radius 1 is 0.700 bits per heavy atom. The summed E-state index contributed by atoms with van der Waals surface area (Å²) < 4.78 is 13.1. The molecule has 0 unspecified atom stereocenters. The molecule has 0 aliphatic carbocycles. The molecule has 4 nitrogen and oxygen atoms in total. The Morgan fingerprint density at radius 2 is 1.27 bits per heavy atom. The lowest BCUT2D eigenvalue weighted by atomic mass is 10.0. The second-order valence-corrected chi connectivity index (χ2v) is 7.01. The molecule has 30 heavy (non-hydrogen) atoms. The van der Waals surface area contributed by atoms with Gasteiger partial charge in [-0.15, -0.1) is 0 Å². The van der Waals surface area contributed by atoms with E-state index in [1.54, 1.807) is 20.3 Å². The average Bonchev–Trinajstić information content (AvgIpc) is 2.81. The van der Waals surface area contributed by atoms with Gasteiger partial charge in [-0.1, -0.05) is 48.5 Å². The fourth-order valence-corrected chi connectivity index (χ4v) is 3.66. The van der Waals surface area contributed by atoms with Crippen LogP contribution in [0.25, 0.3) is 28.2 Å². The van der Waals surface area contributed by atoms with Crippen LogP contribution in [0, 0.1) is 6.92 Å². The number of pyridine rings is 1. The molecule has 4 heteroatoms. The van der Waals surface area contributed by atoms with Crippen molar-refractivity contribution in [2.45, 2.75) is 6.92 Å². The molecule has 3 aromatic carbocycles. The van der Waals surface area contributed by atoms with Crippen molar-refractivity contribution < 1.29 is 9.47 Å². The zero-order chi connectivity index (χ0) is 21.1. The van der Waals surface area contributed by atoms with Gasteiger partial charge < -0.3 is 14.0 Å². The summed E-state index contributed by atoms with van der Waals surface area (Å²) in [5.41, 5.74) is 5.07. The lowest BCUT2D eigenvalue weighted by molar-refractivity contribution is 0.394. The number of hydrogen-bond acceptors (Lipinski definition) is 3. The van der Waals surface area contributed by atoms with Gasteiger partial charge in [-0.05, 0) is 36.8 Å². The number of benzene rings is 3. The van der Waals surface area contributed by atoms with E-state index >= 15 is 0 Å². The first-order chi connectivity index (χ1) is 14.6. The van der Waals surface area contributed by atoms with E-state index in [9.17, 15) is 4.79 Å². The summed E-state index contributed by atoms with van der Waals surface area (Å²) in [6.45, 7) is 1.86. The number of methoxy groups -OCH3 is 2. The van der Waals surface area contributed by atoms with Gasteiger partial charge in [0, 0.05) is 28.9 Å². The fourth-order valence-electron chi connectivity index (χ4n) is 3.66. The Bertz CT molecular complexity index is 1210. The molecule has 0 aliphatic rings. The standard InChI is InChI=1S/C26H23NO3/c1-18-25(28)17-24(19-10-6-4-7-11-19)27(21-12-8-5-9-13-21)26(18)20-14-22(29-2)16-23(15-20)30-3/h4-17H,1-3H3. The van der Waals surface area contributed by atoms with Crippen LogP contribution >= 0.6 is 0 Å². The van der Waals surface area contributed by atoms with Crippen LogP contribution in [-0.4, -0.2) is 18.8 Å². The normalized spacial score (nSPS) is 10.6. The minimum Gasteiger partial charge on any atom is -0.497 e. The summed E-state index contributed by atoms with van der Waals surface area (Å²) in [4.78, 5) is 13.0. The largest absolute Gasteiger partial charge is 0.497 e. The highest BCUT2D eigenvalue weighted by Crippen LogP contribution is 2.35. The zero-order valence-electron chi connectivity index (χ0n) is 17.3. The van der Waals surface area contributed by atoms with Gasteiger partial charge in [0.2, 0.25) is 0 Å². The van der Waals surface area contributed by atoms with Crippen molar-refractivity contribution in [3.05, 3.63) is 101 Å². The summed E-state index contributed by atoms with van der Waals surface area (Å²) in [6, 6.07) is 27.4. The molecule has 0 bridgehead atoms. The van der Waals surface area contributed by atoms with Crippen LogP contribution in [0.2, 0.25) is 0 Å². The molecule has 150 valence electrons. The second-order valence-electron chi connectivity index (χ2n) is 7.01. The molecule has 4 rings (SSSR count). The molecule has 0 amide bonds. The SMILES string of the molecule is COc1cc(OC)cc(-c2c(C)c(=O)cc(-c3ccccc3)n2-c2ccccc2)c1. The van der Waals surface area contributed by atoms with Crippen LogP contribution in [0.3, 0.4) is 0 Å². The van der Waals surface area contributed by atoms with E-state index in [2.05, 4.69) is 4.57 Å². The van der Waals surface area contributed by atoms with Crippen molar-refractivity contribution in [1.29, 1.82) is 0 Å². The number of ether oxygens (including phenoxy) is 2. The number of nitrogens with zero attached hydrogens (tertiary/aromatic N) is 1. The van der Waals surface area contributed by atoms with E-state index in [4.69, 9.17) is 9.47 Å². The first-order valence-electron chi connectivity index (χ1n) is 9.73. The molecule has 0 aliphatic heterocycles. The topological polar surface area (TPSA) is 40.5 Å². The van der Waals surface area contributed by atoms with Crippen LogP contribution in [0.4, 0.5) is 0 Å². The van der Waals surface area contributed by atoms with E-state index in [1.807, 2.05) is 85.8 Å². The quantitative estimate of drug-likeness (QED) is 0.447. The smallest absolute Gasteiger partial charge is 0.185 e. The summed E-state index contributed by atoms with van der Waals surface area (Å²) >= 11 is 0. The Kier molecular flexibility index (Phi) is 5.40. The Labute approximate surface area is 176 Å². The van der Waals surface area contributed by atoms with E-state index in [0.29, 0.717) is 17.1 Å². The van der Waals surface area contributed by atoms with Gasteiger partial charge in [-0.25, -0.2) is 0 Å². The molecular formula is C26H23NO3. The van der Waals surface area contributed by atoms with Gasteiger partial charge >= 0.3 is 0 Å². The molecule has 0 atom stereocenters. The molecule has 0 saturated heterocycles. The van der Waals surface area contributed by atoms with Crippen molar-refractivity contribution in [3.8, 4) is 39.7 Å². The fraction of sp³-hybridized carbons (Fsp3) is 0.115. The van der Waals surface area contributed by atoms with E-state index in [0.717, 1.165) is 28.2 Å². The molecule has 0 spiro atoms. The predicted molar refractivity (Wildman–Crippen MR) is 121 cm³/mol. The highest BCUT2D eigenvalue weighted by atomic mass is 16.5. The minimum atomic E-state index is -0.0159. The average molecular weight is 397 g/mol. The van der Waals surface area contributed by atoms with Gasteiger partial charge in [-0.3, -0.25) is 4.79 Å². The van der Waals surface area contributed by atoms with Gasteiger partial charge in [-0.2, -0.15) is 0 Å². The molecule has 1 aromatic heterocycles. The molecule has 0 fully saturated rings. The van der Waals surface area contributed by atoms with Gasteiger partial charge in [0.1, 0.15) is 11.5 Å². The van der Waals surface area contributed by atoms with Crippen molar-refractivity contribution in [2.24, 2.45) is 0 Å². The summed E-state index contributed by atoms with van der Waals surface area (Å²) in [5, 5.41) is 0. The third kappa shape index (κ3) is 3.60. The van der Waals surface area contributed by atoms with Crippen molar-refractivity contribution >= 4 is 0 Å². The zero-order valence-corrected chi connectivity index (χ0v) is 17.3. The van der Waals surface area contributed by atoms with E-state index < -0.39 is 0 Å².